The lowest BCUT2D eigenvalue weighted by molar-refractivity contribution is -0.118. The van der Waals surface area contributed by atoms with Crippen LogP contribution in [0.1, 0.15) is 119 Å². The molecule has 254 valence electrons. The molecule has 2 N–H and O–H groups in total. The first kappa shape index (κ1) is 39.0. The van der Waals surface area contributed by atoms with E-state index in [0.717, 1.165) is 54.6 Å². The highest BCUT2D eigenvalue weighted by Crippen LogP contribution is 2.46. The van der Waals surface area contributed by atoms with Crippen LogP contribution >= 0.6 is 0 Å². The molecule has 1 fully saturated rings. The number of benzene rings is 1. The Hall–Kier alpha value is -3.23. The lowest BCUT2D eigenvalue weighted by Gasteiger charge is -2.26. The van der Waals surface area contributed by atoms with E-state index in [1.807, 2.05) is 54.5 Å². The number of hydrogen-bond donors (Lipinski definition) is 2. The van der Waals surface area contributed by atoms with Crippen molar-refractivity contribution in [3.8, 4) is 6.01 Å². The van der Waals surface area contributed by atoms with Crippen LogP contribution in [0.5, 0.6) is 6.01 Å². The Morgan fingerprint density at radius 1 is 1.09 bits per heavy atom. The number of allylic oxidation sites excluding steroid dienone is 6. The maximum Gasteiger partial charge on any atom is 0.317 e. The molecule has 46 heavy (non-hydrogen) atoms. The molecule has 0 aliphatic heterocycles. The third kappa shape index (κ3) is 9.41. The lowest BCUT2D eigenvalue weighted by Crippen LogP contribution is -2.37. The second-order valence-electron chi connectivity index (χ2n) is 13.0. The standard InChI is InChI=1S/C35H49FN4O3.C3H8/c1-10-15-40(17-23(7)42)19-35(13-14-35)20-43-34-38-16-27-28(18-41)26(12-3)30(31(36)33(27)39-34)32(37)29(24(8)21(4)5)25(9)22(6)11-2;1-3-2/h11,16,37,41H,10,12-15,17-20H2,1-9H3;3H2,1-2H3/b22-11-,29-25-,37-32?;. The summed E-state index contributed by atoms with van der Waals surface area (Å²) in [7, 11) is 0. The Morgan fingerprint density at radius 2 is 1.72 bits per heavy atom. The molecular weight excluding hydrogens is 579 g/mol. The third-order valence-electron chi connectivity index (χ3n) is 8.73. The molecule has 1 aliphatic carbocycles. The summed E-state index contributed by atoms with van der Waals surface area (Å²) >= 11 is 0. The summed E-state index contributed by atoms with van der Waals surface area (Å²) in [6.45, 7) is 23.7. The van der Waals surface area contributed by atoms with Crippen molar-refractivity contribution in [2.75, 3.05) is 26.2 Å². The van der Waals surface area contributed by atoms with Crippen LogP contribution in [0.25, 0.3) is 10.9 Å². The predicted octanol–water partition coefficient (Wildman–Crippen LogP) is 8.71. The number of Topliss-reactive ketones (excluding diaryl/α,β-unsaturated/α-hetero) is 1. The van der Waals surface area contributed by atoms with E-state index in [4.69, 9.17) is 4.74 Å². The third-order valence-corrected chi connectivity index (χ3v) is 8.73. The van der Waals surface area contributed by atoms with Crippen molar-refractivity contribution in [3.05, 3.63) is 62.6 Å². The van der Waals surface area contributed by atoms with Gasteiger partial charge in [0.2, 0.25) is 0 Å². The first-order valence-electron chi connectivity index (χ1n) is 16.8. The fourth-order valence-electron chi connectivity index (χ4n) is 5.73. The quantitative estimate of drug-likeness (QED) is 0.150. The number of fused-ring (bicyclic) bond motifs is 1. The van der Waals surface area contributed by atoms with Crippen molar-refractivity contribution >= 4 is 22.4 Å². The summed E-state index contributed by atoms with van der Waals surface area (Å²) in [6.07, 6.45) is 8.10. The summed E-state index contributed by atoms with van der Waals surface area (Å²) in [5, 5.41) is 20.2. The normalized spacial score (nSPS) is 14.4. The zero-order chi connectivity index (χ0) is 34.8. The maximum atomic E-state index is 16.6. The minimum Gasteiger partial charge on any atom is -0.463 e. The lowest BCUT2D eigenvalue weighted by atomic mass is 9.84. The average molecular weight is 637 g/mol. The Balaban J connectivity index is 0.00000236. The number of nitrogens with one attached hydrogen (secondary N) is 1. The van der Waals surface area contributed by atoms with Crippen molar-refractivity contribution in [3.63, 3.8) is 0 Å². The van der Waals surface area contributed by atoms with Gasteiger partial charge in [-0.1, -0.05) is 51.3 Å². The number of carbonyl (C=O) groups excluding carboxylic acids is 1. The van der Waals surface area contributed by atoms with Crippen molar-refractivity contribution in [1.29, 1.82) is 5.41 Å². The zero-order valence-corrected chi connectivity index (χ0v) is 30.2. The molecule has 1 saturated carbocycles. The van der Waals surface area contributed by atoms with Gasteiger partial charge in [0, 0.05) is 34.7 Å². The number of aromatic nitrogens is 2. The number of ketones is 1. The molecule has 0 spiro atoms. The van der Waals surface area contributed by atoms with Gasteiger partial charge < -0.3 is 9.84 Å². The highest BCUT2D eigenvalue weighted by atomic mass is 19.1. The topological polar surface area (TPSA) is 99.4 Å². The summed E-state index contributed by atoms with van der Waals surface area (Å²) in [6, 6.07) is 0.0640. The van der Waals surface area contributed by atoms with Gasteiger partial charge in [-0.25, -0.2) is 9.37 Å². The van der Waals surface area contributed by atoms with Crippen LogP contribution < -0.4 is 4.74 Å². The van der Waals surface area contributed by atoms with Crippen LogP contribution in [0.4, 0.5) is 4.39 Å². The Kier molecular flexibility index (Phi) is 14.9. The van der Waals surface area contributed by atoms with Crippen molar-refractivity contribution in [2.45, 2.75) is 115 Å². The fourth-order valence-corrected chi connectivity index (χ4v) is 5.73. The Labute approximate surface area is 276 Å². The minimum absolute atomic E-state index is 0.0367. The van der Waals surface area contributed by atoms with Gasteiger partial charge in [0.05, 0.1) is 25.5 Å². The fraction of sp³-hybridized carbons (Fsp3) is 0.579. The summed E-state index contributed by atoms with van der Waals surface area (Å²) in [5.41, 5.74) is 5.83. The molecule has 0 saturated heterocycles. The first-order valence-corrected chi connectivity index (χ1v) is 16.8. The molecule has 0 unspecified atom stereocenters. The van der Waals surface area contributed by atoms with Crippen LogP contribution in [0.15, 0.2) is 40.1 Å². The predicted molar refractivity (Wildman–Crippen MR) is 188 cm³/mol. The molecule has 0 amide bonds. The molecule has 7 nitrogen and oxygen atoms in total. The zero-order valence-electron chi connectivity index (χ0n) is 30.2. The Bertz CT molecular complexity index is 1500. The summed E-state index contributed by atoms with van der Waals surface area (Å²) < 4.78 is 22.7. The molecule has 0 atom stereocenters. The van der Waals surface area contributed by atoms with E-state index in [2.05, 4.69) is 35.6 Å². The maximum absolute atomic E-state index is 16.6. The van der Waals surface area contributed by atoms with Gasteiger partial charge in [-0.15, -0.1) is 0 Å². The highest BCUT2D eigenvalue weighted by molar-refractivity contribution is 6.16. The van der Waals surface area contributed by atoms with Crippen LogP contribution in [-0.4, -0.2) is 57.7 Å². The number of rotatable bonds is 15. The smallest absolute Gasteiger partial charge is 0.317 e. The minimum atomic E-state index is -0.608. The molecule has 3 rings (SSSR count). The van der Waals surface area contributed by atoms with Gasteiger partial charge in [-0.05, 0) is 103 Å². The number of ether oxygens (including phenoxy) is 1. The number of carbonyl (C=O) groups is 1. The number of aliphatic hydroxyl groups excluding tert-OH is 1. The summed E-state index contributed by atoms with van der Waals surface area (Å²) in [4.78, 5) is 22.9. The SMILES string of the molecule is C/C=C(C)\C(C)=C(/C(=N)c1c(CC)c(CO)c2cnc(OCC3(CN(CCC)CC(C)=O)CC3)nc2c1F)C(C)=C(C)C.CCC. The van der Waals surface area contributed by atoms with E-state index >= 15 is 4.39 Å². The van der Waals surface area contributed by atoms with Gasteiger partial charge in [0.1, 0.15) is 11.3 Å². The van der Waals surface area contributed by atoms with Crippen LogP contribution in [0, 0.1) is 16.6 Å². The van der Waals surface area contributed by atoms with Crippen molar-refractivity contribution in [1.82, 2.24) is 14.9 Å². The van der Waals surface area contributed by atoms with E-state index in [-0.39, 0.29) is 40.6 Å². The second kappa shape index (κ2) is 17.6. The molecule has 1 aliphatic rings. The van der Waals surface area contributed by atoms with Gasteiger partial charge in [-0.2, -0.15) is 4.98 Å². The monoisotopic (exact) mass is 636 g/mol. The molecule has 1 aromatic carbocycles. The van der Waals surface area contributed by atoms with Crippen LogP contribution in [0.2, 0.25) is 0 Å². The number of nitrogens with zero attached hydrogens (tertiary/aromatic N) is 3. The molecule has 1 aromatic heterocycles. The van der Waals surface area contributed by atoms with E-state index in [9.17, 15) is 15.3 Å². The van der Waals surface area contributed by atoms with E-state index in [0.29, 0.717) is 41.7 Å². The average Bonchev–Trinajstić information content (AvgIpc) is 3.78. The molecule has 8 heteroatoms. The van der Waals surface area contributed by atoms with E-state index in [1.165, 1.54) is 12.6 Å². The van der Waals surface area contributed by atoms with Gasteiger partial charge in [0.15, 0.2) is 5.82 Å². The van der Waals surface area contributed by atoms with Crippen molar-refractivity contribution < 1.29 is 19.0 Å². The molecule has 0 radical (unpaired) electrons. The number of hydrogen-bond acceptors (Lipinski definition) is 7. The van der Waals surface area contributed by atoms with Gasteiger partial charge in [-0.3, -0.25) is 15.1 Å². The molecule has 1 heterocycles. The van der Waals surface area contributed by atoms with E-state index < -0.39 is 5.82 Å². The molecular formula is C38H57FN4O3. The number of halogens is 1. The molecule has 2 aromatic rings. The van der Waals surface area contributed by atoms with Crippen molar-refractivity contribution in [2.24, 2.45) is 5.41 Å². The van der Waals surface area contributed by atoms with Gasteiger partial charge >= 0.3 is 6.01 Å². The second-order valence-corrected chi connectivity index (χ2v) is 13.0. The van der Waals surface area contributed by atoms with Crippen LogP contribution in [-0.2, 0) is 17.8 Å². The largest absolute Gasteiger partial charge is 0.463 e. The van der Waals surface area contributed by atoms with Crippen LogP contribution in [0.3, 0.4) is 0 Å². The van der Waals surface area contributed by atoms with Gasteiger partial charge in [0.25, 0.3) is 0 Å². The Morgan fingerprint density at radius 3 is 2.20 bits per heavy atom. The molecule has 0 bridgehead atoms. The van der Waals surface area contributed by atoms with E-state index in [1.54, 1.807) is 6.92 Å². The highest BCUT2D eigenvalue weighted by Gasteiger charge is 2.45. The number of aliphatic hydroxyl groups is 1. The first-order chi connectivity index (χ1) is 21.8. The summed E-state index contributed by atoms with van der Waals surface area (Å²) in [5.74, 6) is -0.470.